The molecule has 0 saturated carbocycles. The molecule has 6 atom stereocenters. The van der Waals surface area contributed by atoms with Crippen LogP contribution in [0.4, 0.5) is 4.79 Å². The summed E-state index contributed by atoms with van der Waals surface area (Å²) in [6.45, 7) is 19.6. The third-order valence-electron chi connectivity index (χ3n) is 22.4. The molecule has 0 aromatic rings. The van der Waals surface area contributed by atoms with Crippen molar-refractivity contribution in [3.05, 3.63) is 25.3 Å². The van der Waals surface area contributed by atoms with Gasteiger partial charge in [0.05, 0.1) is 51.7 Å². The summed E-state index contributed by atoms with van der Waals surface area (Å²) < 4.78 is 63.9. The molecule has 0 saturated heterocycles. The van der Waals surface area contributed by atoms with Crippen molar-refractivity contribution in [3.8, 4) is 0 Å². The maximum absolute atomic E-state index is 14.4. The first kappa shape index (κ1) is 113. The number of phosphoric ester groups is 2. The van der Waals surface area contributed by atoms with Crippen LogP contribution >= 0.6 is 15.6 Å². The lowest BCUT2D eigenvalue weighted by molar-refractivity contribution is -0.123. The molecule has 0 aliphatic rings. The molecule has 0 bridgehead atoms. The topological polar surface area (TPSA) is 247 Å². The monoisotopic (exact) mass is 1680 g/mol. The van der Waals surface area contributed by atoms with Crippen molar-refractivity contribution in [2.45, 2.75) is 502 Å². The summed E-state index contributed by atoms with van der Waals surface area (Å²) in [4.78, 5) is 68.0. The Hall–Kier alpha value is -3.15. The maximum Gasteiger partial charge on any atom is 0.475 e. The molecular weight excluding hydrogens is 1500 g/mol. The molecule has 0 aromatic carbocycles. The Morgan fingerprint density at radius 3 is 0.681 bits per heavy atom. The Morgan fingerprint density at radius 2 is 0.457 bits per heavy atom. The fraction of sp³-hybridized carbons (Fsp3) is 0.905. The summed E-state index contributed by atoms with van der Waals surface area (Å²) in [7, 11) is -8.59. The first-order valence-corrected chi connectivity index (χ1v) is 52.1. The van der Waals surface area contributed by atoms with Crippen molar-refractivity contribution >= 4 is 45.3 Å². The zero-order valence-electron chi connectivity index (χ0n) is 76.3. The van der Waals surface area contributed by atoms with Crippen molar-refractivity contribution in [3.63, 3.8) is 0 Å². The molecule has 21 heteroatoms. The highest BCUT2D eigenvalue weighted by Crippen LogP contribution is 2.50. The van der Waals surface area contributed by atoms with E-state index >= 15 is 0 Å². The van der Waals surface area contributed by atoms with Gasteiger partial charge in [0, 0.05) is 50.9 Å². The predicted octanol–water partition coefficient (Wildman–Crippen LogP) is 27.6. The number of unbranched alkanes of at least 4 members (excludes halogenated alkanes) is 52. The number of urea groups is 1. The van der Waals surface area contributed by atoms with Crippen LogP contribution in [0.3, 0.4) is 0 Å². The Labute approximate surface area is 714 Å². The molecule has 116 heavy (non-hydrogen) atoms. The maximum atomic E-state index is 14.4. The zero-order chi connectivity index (χ0) is 84.8. The van der Waals surface area contributed by atoms with Crippen LogP contribution in [0.5, 0.6) is 0 Å². The second-order valence-corrected chi connectivity index (χ2v) is 37.0. The van der Waals surface area contributed by atoms with E-state index in [0.29, 0.717) is 51.4 Å². The van der Waals surface area contributed by atoms with Crippen molar-refractivity contribution in [2.24, 2.45) is 0 Å². The van der Waals surface area contributed by atoms with Gasteiger partial charge in [-0.3, -0.25) is 46.3 Å². The minimum atomic E-state index is -4.29. The van der Waals surface area contributed by atoms with Gasteiger partial charge in [-0.15, -0.1) is 13.2 Å². The van der Waals surface area contributed by atoms with Gasteiger partial charge < -0.3 is 31.9 Å². The molecule has 6 unspecified atom stereocenters. The number of hydrogen-bond acceptors (Lipinski definition) is 13. The predicted molar refractivity (Wildman–Crippen MR) is 488 cm³/mol. The van der Waals surface area contributed by atoms with Crippen LogP contribution in [-0.2, 0) is 55.5 Å². The van der Waals surface area contributed by atoms with E-state index in [1.54, 1.807) is 0 Å². The second kappa shape index (κ2) is 86.8. The zero-order valence-corrected chi connectivity index (χ0v) is 78.1. The van der Waals surface area contributed by atoms with E-state index in [0.717, 1.165) is 141 Å². The van der Waals surface area contributed by atoms with Crippen molar-refractivity contribution in [1.29, 1.82) is 0 Å². The van der Waals surface area contributed by atoms with Crippen LogP contribution in [0, 0.1) is 0 Å². The van der Waals surface area contributed by atoms with Crippen molar-refractivity contribution in [1.82, 2.24) is 31.9 Å². The first-order valence-electron chi connectivity index (χ1n) is 49.1. The van der Waals surface area contributed by atoms with Gasteiger partial charge in [0.1, 0.15) is 0 Å². The minimum Gasteiger partial charge on any atom is -0.353 e. The third kappa shape index (κ3) is 78.1. The van der Waals surface area contributed by atoms with E-state index in [-0.39, 0.29) is 88.4 Å². The van der Waals surface area contributed by atoms with Gasteiger partial charge in [-0.1, -0.05) is 400 Å². The number of nitrogens with one attached hydrogen (secondary N) is 6. The summed E-state index contributed by atoms with van der Waals surface area (Å²) in [5, 5.41) is 18.5. The van der Waals surface area contributed by atoms with Crippen LogP contribution in [0.25, 0.3) is 0 Å². The number of carbonyl (C=O) groups excluding carboxylic acids is 5. The highest BCUT2D eigenvalue weighted by Gasteiger charge is 2.31. The molecule has 6 amide bonds. The lowest BCUT2D eigenvalue weighted by Gasteiger charge is -2.25. The van der Waals surface area contributed by atoms with Gasteiger partial charge in [0.2, 0.25) is 23.6 Å². The summed E-state index contributed by atoms with van der Waals surface area (Å²) in [5.41, 5.74) is 0. The molecule has 0 aliphatic carbocycles. The average Bonchev–Trinajstić information content (AvgIpc) is 0.889. The van der Waals surface area contributed by atoms with Crippen molar-refractivity contribution in [2.75, 3.05) is 52.7 Å². The average molecular weight is 1680 g/mol. The standard InChI is InChI=1S/C95H186N6O13P2/c1-9-17-23-29-35-39-43-47-53-59-65-71-91(102)98-87(69-63-57-51-33-27-21-13-5)75-77-89(100-93(104)73-67-61-55-49-45-41-37-31-25-19-11-3)85-113-115(107,109-81-15-7)111-83-79-96-95(106)97-80-84-112-116(108,110-82-16-8)114-86-90(101-94(105)74-68-62-56-50-46-42-38-32-26-20-12-4)78-76-88(70-64-58-52-34-28-22-14-6)99-92(103)72-66-60-54-48-44-40-36-30-24-18-10-2/h15-16,87-90H,7-14,17-86H2,1-6H3,(H,98,102)(H,99,103)(H,100,104)(H,101,105)(H2,96,97,106). The van der Waals surface area contributed by atoms with Crippen LogP contribution in [0.2, 0.25) is 0 Å². The molecule has 0 aliphatic heterocycles. The molecule has 0 rings (SSSR count). The second-order valence-electron chi connectivity index (χ2n) is 33.7. The molecule has 0 fully saturated rings. The van der Waals surface area contributed by atoms with Gasteiger partial charge in [-0.05, 0) is 64.2 Å². The van der Waals surface area contributed by atoms with E-state index in [1.165, 1.54) is 256 Å². The molecule has 684 valence electrons. The van der Waals surface area contributed by atoms with E-state index < -0.39 is 33.8 Å². The van der Waals surface area contributed by atoms with Gasteiger partial charge >= 0.3 is 21.7 Å². The fourth-order valence-corrected chi connectivity index (χ4v) is 17.4. The lowest BCUT2D eigenvalue weighted by atomic mass is 9.99. The smallest absolute Gasteiger partial charge is 0.353 e. The lowest BCUT2D eigenvalue weighted by Crippen LogP contribution is -2.41. The number of phosphoric acid groups is 2. The molecular formula is C95H186N6O13P2. The van der Waals surface area contributed by atoms with Crippen LogP contribution in [0.1, 0.15) is 478 Å². The quantitative estimate of drug-likeness (QED) is 0.0189. The van der Waals surface area contributed by atoms with Crippen molar-refractivity contribution < 1.29 is 60.2 Å². The first-order chi connectivity index (χ1) is 56.6. The highest BCUT2D eigenvalue weighted by molar-refractivity contribution is 7.48. The van der Waals surface area contributed by atoms with Crippen LogP contribution in [0.15, 0.2) is 25.3 Å². The molecule has 0 radical (unpaired) electrons. The van der Waals surface area contributed by atoms with E-state index in [1.807, 2.05) is 0 Å². The normalized spacial score (nSPS) is 13.6. The van der Waals surface area contributed by atoms with Gasteiger partial charge in [0.25, 0.3) is 0 Å². The van der Waals surface area contributed by atoms with Crippen LogP contribution in [-0.4, -0.2) is 107 Å². The van der Waals surface area contributed by atoms with E-state index in [9.17, 15) is 33.1 Å². The fourth-order valence-electron chi connectivity index (χ4n) is 15.1. The summed E-state index contributed by atoms with van der Waals surface area (Å²) in [6.07, 6.45) is 77.0. The Kier molecular flexibility index (Phi) is 84.4. The molecule has 6 N–H and O–H groups in total. The van der Waals surface area contributed by atoms with Gasteiger partial charge in [0.15, 0.2) is 0 Å². The molecule has 0 spiro atoms. The van der Waals surface area contributed by atoms with Crippen LogP contribution < -0.4 is 31.9 Å². The number of carbonyl (C=O) groups is 5. The van der Waals surface area contributed by atoms with E-state index in [2.05, 4.69) is 86.6 Å². The highest BCUT2D eigenvalue weighted by atomic mass is 31.2. The summed E-state index contributed by atoms with van der Waals surface area (Å²) >= 11 is 0. The number of rotatable bonds is 94. The largest absolute Gasteiger partial charge is 0.475 e. The molecule has 0 aromatic heterocycles. The Morgan fingerprint density at radius 1 is 0.259 bits per heavy atom. The Bertz CT molecular complexity index is 2190. The third-order valence-corrected chi connectivity index (χ3v) is 25.2. The Balaban J connectivity index is 6.23. The summed E-state index contributed by atoms with van der Waals surface area (Å²) in [6, 6.07) is -1.96. The van der Waals surface area contributed by atoms with Gasteiger partial charge in [-0.25, -0.2) is 13.9 Å². The summed E-state index contributed by atoms with van der Waals surface area (Å²) in [5.74, 6) is -0.110. The van der Waals surface area contributed by atoms with E-state index in [4.69, 9.17) is 27.1 Å². The number of hydrogen-bond donors (Lipinski definition) is 6. The van der Waals surface area contributed by atoms with Gasteiger partial charge in [-0.2, -0.15) is 0 Å². The minimum absolute atomic E-state index is 0.0585. The SMILES string of the molecule is C=CCOP(=O)(OCCNC(=O)NCCOP(=O)(OCC=C)OCC(CCC(CCCCCCCCC)NC(=O)CCCCCCCCCCCCC)NC(=O)CCCCCCCCCCCCC)OCC(CCC(CCCCCCCCC)NC(=O)CCCCCCCCCCCCC)NC(=O)CCCCCCCCCCCCC. The number of amides is 6. The molecule has 19 nitrogen and oxygen atoms in total. The molecule has 0 heterocycles.